The van der Waals surface area contributed by atoms with Crippen LogP contribution in [0.3, 0.4) is 0 Å². The van der Waals surface area contributed by atoms with Crippen molar-refractivity contribution >= 4 is 11.8 Å². The van der Waals surface area contributed by atoms with Gasteiger partial charge in [0.25, 0.3) is 5.39 Å². The molecule has 0 fully saturated rings. The highest BCUT2D eigenvalue weighted by Gasteiger charge is 2.27. The summed E-state index contributed by atoms with van der Waals surface area (Å²) in [5, 5.41) is 11.2. The minimum absolute atomic E-state index is 0.212. The molecular weight excluding hydrogens is 146 g/mol. The standard InChI is InChI=1S/C6H10N3O2/c1-3-4-6(11)9(8-7)5(2)10/h3-4H2,1-2H3/q+1. The third-order valence-electron chi connectivity index (χ3n) is 1.09. The molecule has 0 radical (unpaired) electrons. The SMILES string of the molecule is CCCC(=O)N([N+]#N)C(C)=O. The van der Waals surface area contributed by atoms with Gasteiger partial charge in [-0.15, -0.1) is 0 Å². The lowest BCUT2D eigenvalue weighted by atomic mass is 10.3. The largest absolute Gasteiger partial charge is 0.322 e. The van der Waals surface area contributed by atoms with E-state index in [4.69, 9.17) is 5.39 Å². The van der Waals surface area contributed by atoms with Gasteiger partial charge in [-0.3, -0.25) is 9.59 Å². The van der Waals surface area contributed by atoms with Crippen LogP contribution >= 0.6 is 0 Å². The molecule has 5 nitrogen and oxygen atoms in total. The zero-order valence-electron chi connectivity index (χ0n) is 6.57. The van der Waals surface area contributed by atoms with Crippen molar-refractivity contribution in [1.82, 2.24) is 5.01 Å². The number of hydrogen-bond acceptors (Lipinski definition) is 3. The molecule has 0 aliphatic heterocycles. The second-order valence-corrected chi connectivity index (χ2v) is 2.06. The van der Waals surface area contributed by atoms with Gasteiger partial charge in [0.05, 0.1) is 0 Å². The van der Waals surface area contributed by atoms with Crippen molar-refractivity contribution in [2.45, 2.75) is 26.7 Å². The number of carbonyl (C=O) groups excluding carboxylic acids is 2. The minimum Gasteiger partial charge on any atom is -0.267 e. The van der Waals surface area contributed by atoms with E-state index in [9.17, 15) is 9.59 Å². The van der Waals surface area contributed by atoms with Crippen LogP contribution in [0, 0.1) is 5.39 Å². The maximum atomic E-state index is 10.9. The van der Waals surface area contributed by atoms with Gasteiger partial charge in [0, 0.05) is 13.3 Å². The van der Waals surface area contributed by atoms with Gasteiger partial charge in [-0.05, 0) is 6.42 Å². The summed E-state index contributed by atoms with van der Waals surface area (Å²) in [5.74, 6) is -1.06. The Bertz CT molecular complexity index is 206. The van der Waals surface area contributed by atoms with Crippen molar-refractivity contribution in [3.63, 3.8) is 0 Å². The summed E-state index contributed by atoms with van der Waals surface area (Å²) in [5.41, 5.74) is 0. The van der Waals surface area contributed by atoms with Crippen LogP contribution in [0.4, 0.5) is 0 Å². The summed E-state index contributed by atoms with van der Waals surface area (Å²) < 4.78 is 0. The van der Waals surface area contributed by atoms with Crippen molar-refractivity contribution in [1.29, 1.82) is 5.39 Å². The average Bonchev–Trinajstić information content (AvgIpc) is 1.88. The Kier molecular flexibility index (Phi) is 3.81. The topological polar surface area (TPSA) is 65.5 Å². The van der Waals surface area contributed by atoms with Crippen LogP contribution in [-0.4, -0.2) is 16.8 Å². The fourth-order valence-corrected chi connectivity index (χ4v) is 0.608. The van der Waals surface area contributed by atoms with Gasteiger partial charge in [0.15, 0.2) is 0 Å². The monoisotopic (exact) mass is 156 g/mol. The second kappa shape index (κ2) is 4.39. The lowest BCUT2D eigenvalue weighted by Gasteiger charge is -1.94. The first-order chi connectivity index (χ1) is 5.13. The van der Waals surface area contributed by atoms with Gasteiger partial charge >= 0.3 is 16.9 Å². The van der Waals surface area contributed by atoms with Crippen LogP contribution < -0.4 is 0 Å². The quantitative estimate of drug-likeness (QED) is 0.441. The molecule has 0 saturated carbocycles. The molecular formula is C6H10N3O2+. The first-order valence-electron chi connectivity index (χ1n) is 3.32. The van der Waals surface area contributed by atoms with Crippen LogP contribution in [0.2, 0.25) is 0 Å². The van der Waals surface area contributed by atoms with Gasteiger partial charge in [0.1, 0.15) is 5.01 Å². The van der Waals surface area contributed by atoms with Crippen molar-refractivity contribution in [3.8, 4) is 0 Å². The van der Waals surface area contributed by atoms with E-state index < -0.39 is 11.8 Å². The lowest BCUT2D eigenvalue weighted by molar-refractivity contribution is -0.140. The normalized spacial score (nSPS) is 8.45. The van der Waals surface area contributed by atoms with E-state index in [0.29, 0.717) is 11.4 Å². The smallest absolute Gasteiger partial charge is 0.267 e. The molecule has 0 bridgehead atoms. The first kappa shape index (κ1) is 9.56. The Balaban J connectivity index is 4.18. The number of diazo groups is 1. The molecule has 0 saturated heterocycles. The van der Waals surface area contributed by atoms with Crippen LogP contribution in [0.5, 0.6) is 0 Å². The van der Waals surface area contributed by atoms with Crippen molar-refractivity contribution in [2.24, 2.45) is 0 Å². The number of hydrogen-bond donors (Lipinski definition) is 0. The molecule has 0 spiro atoms. The molecule has 0 rings (SSSR count). The van der Waals surface area contributed by atoms with E-state index in [0.717, 1.165) is 6.92 Å². The van der Waals surface area contributed by atoms with E-state index in [1.165, 1.54) is 0 Å². The molecule has 0 aromatic carbocycles. The fourth-order valence-electron chi connectivity index (χ4n) is 0.608. The molecule has 0 aromatic heterocycles. The molecule has 5 heteroatoms. The average molecular weight is 156 g/mol. The highest BCUT2D eigenvalue weighted by atomic mass is 16.2. The Morgan fingerprint density at radius 3 is 2.36 bits per heavy atom. The number of carbonyl (C=O) groups is 2. The van der Waals surface area contributed by atoms with Gasteiger partial charge in [0.2, 0.25) is 0 Å². The third-order valence-corrected chi connectivity index (χ3v) is 1.09. The van der Waals surface area contributed by atoms with Crippen molar-refractivity contribution in [3.05, 3.63) is 5.08 Å². The second-order valence-electron chi connectivity index (χ2n) is 2.06. The molecule has 0 aliphatic rings. The van der Waals surface area contributed by atoms with E-state index in [1.807, 2.05) is 0 Å². The number of rotatable bonds is 2. The Labute approximate surface area is 64.6 Å². The van der Waals surface area contributed by atoms with Crippen molar-refractivity contribution < 1.29 is 9.59 Å². The van der Waals surface area contributed by atoms with E-state index in [1.54, 1.807) is 6.92 Å². The number of imide groups is 1. The lowest BCUT2D eigenvalue weighted by Crippen LogP contribution is -2.28. The van der Waals surface area contributed by atoms with Gasteiger partial charge in [-0.1, -0.05) is 6.92 Å². The zero-order chi connectivity index (χ0) is 8.85. The van der Waals surface area contributed by atoms with E-state index in [-0.39, 0.29) is 6.42 Å². The fraction of sp³-hybridized carbons (Fsp3) is 0.667. The molecule has 0 atom stereocenters. The zero-order valence-corrected chi connectivity index (χ0v) is 6.57. The molecule has 0 unspecified atom stereocenters. The molecule has 0 heterocycles. The summed E-state index contributed by atoms with van der Waals surface area (Å²) in [6, 6.07) is 0. The van der Waals surface area contributed by atoms with Gasteiger partial charge in [-0.25, -0.2) is 0 Å². The highest BCUT2D eigenvalue weighted by Crippen LogP contribution is 1.98. The van der Waals surface area contributed by atoms with E-state index >= 15 is 0 Å². The Hall–Kier alpha value is -1.44. The van der Waals surface area contributed by atoms with Crippen LogP contribution in [0.1, 0.15) is 26.7 Å². The molecule has 0 N–H and O–H groups in total. The maximum absolute atomic E-state index is 10.9. The van der Waals surface area contributed by atoms with Crippen LogP contribution in [0.15, 0.2) is 0 Å². The van der Waals surface area contributed by atoms with Crippen LogP contribution in [0.25, 0.3) is 5.08 Å². The predicted octanol–water partition coefficient (Wildman–Crippen LogP) is 0.930. The highest BCUT2D eigenvalue weighted by molar-refractivity contribution is 5.94. The third kappa shape index (κ3) is 2.76. The molecule has 11 heavy (non-hydrogen) atoms. The van der Waals surface area contributed by atoms with Gasteiger partial charge < -0.3 is 0 Å². The summed E-state index contributed by atoms with van der Waals surface area (Å²) in [6.45, 7) is 2.96. The molecule has 60 valence electrons. The predicted molar refractivity (Wildman–Crippen MR) is 37.5 cm³/mol. The minimum atomic E-state index is -0.578. The molecule has 0 aliphatic carbocycles. The maximum Gasteiger partial charge on any atom is 0.322 e. The van der Waals surface area contributed by atoms with Crippen LogP contribution in [-0.2, 0) is 9.59 Å². The summed E-state index contributed by atoms with van der Waals surface area (Å²) >= 11 is 0. The van der Waals surface area contributed by atoms with Gasteiger partial charge in [-0.2, -0.15) is 0 Å². The van der Waals surface area contributed by atoms with E-state index in [2.05, 4.69) is 5.08 Å². The summed E-state index contributed by atoms with van der Waals surface area (Å²) in [4.78, 5) is 21.4. The molecule has 2 amide bonds. The summed E-state index contributed by atoms with van der Waals surface area (Å²) in [6.07, 6.45) is 0.835. The summed E-state index contributed by atoms with van der Waals surface area (Å²) in [7, 11) is 0. The first-order valence-corrected chi connectivity index (χ1v) is 3.32. The Morgan fingerprint density at radius 1 is 1.55 bits per heavy atom. The Morgan fingerprint density at radius 2 is 2.09 bits per heavy atom. The number of nitrogens with zero attached hydrogens (tertiary/aromatic N) is 3. The number of amides is 2. The molecule has 0 aromatic rings. The van der Waals surface area contributed by atoms with Crippen molar-refractivity contribution in [2.75, 3.05) is 0 Å².